The number of piperidine rings is 1. The summed E-state index contributed by atoms with van der Waals surface area (Å²) in [6, 6.07) is 9.97. The molecule has 0 saturated carbocycles. The van der Waals surface area contributed by atoms with Gasteiger partial charge in [0.2, 0.25) is 5.91 Å². The van der Waals surface area contributed by atoms with Crippen molar-refractivity contribution in [3.63, 3.8) is 0 Å². The molecule has 1 saturated heterocycles. The van der Waals surface area contributed by atoms with Gasteiger partial charge in [-0.05, 0) is 53.1 Å². The molecule has 26 heavy (non-hydrogen) atoms. The molecule has 0 atom stereocenters. The normalized spacial score (nSPS) is 15.3. The summed E-state index contributed by atoms with van der Waals surface area (Å²) in [6.07, 6.45) is 1.48. The lowest BCUT2D eigenvalue weighted by Crippen LogP contribution is -2.40. The standard InChI is InChI=1S/C17H18FN7O/c18-14-3-1-2-12(10-14)11-19-17(26)13-6-8-24(9-7-13)16-5-4-15-20-22-23-25(15)21-16/h1-5,10,13H,6-9,11H2,(H,19,26). The second-order valence-electron chi connectivity index (χ2n) is 6.33. The molecule has 4 rings (SSSR count). The number of hydrogen-bond donors (Lipinski definition) is 1. The van der Waals surface area contributed by atoms with Crippen LogP contribution in [0.4, 0.5) is 10.2 Å². The Morgan fingerprint density at radius 1 is 1.23 bits per heavy atom. The van der Waals surface area contributed by atoms with E-state index >= 15 is 0 Å². The molecule has 1 amide bonds. The molecule has 1 aromatic carbocycles. The highest BCUT2D eigenvalue weighted by Gasteiger charge is 2.25. The second kappa shape index (κ2) is 7.03. The van der Waals surface area contributed by atoms with Crippen molar-refractivity contribution >= 4 is 17.4 Å². The van der Waals surface area contributed by atoms with Crippen molar-refractivity contribution in [2.24, 2.45) is 5.92 Å². The minimum atomic E-state index is -0.294. The van der Waals surface area contributed by atoms with E-state index in [0.717, 1.165) is 37.3 Å². The Hall–Kier alpha value is -3.10. The first kappa shape index (κ1) is 16.4. The predicted octanol–water partition coefficient (Wildman–Crippen LogP) is 1.19. The Labute approximate surface area is 149 Å². The van der Waals surface area contributed by atoms with Crippen LogP contribution in [0.15, 0.2) is 36.4 Å². The SMILES string of the molecule is O=C(NCc1cccc(F)c1)C1CCN(c2ccc3nnnn3n2)CC1. The lowest BCUT2D eigenvalue weighted by Gasteiger charge is -2.31. The number of amides is 1. The molecule has 8 nitrogen and oxygen atoms in total. The summed E-state index contributed by atoms with van der Waals surface area (Å²) in [7, 11) is 0. The molecule has 1 N–H and O–H groups in total. The Morgan fingerprint density at radius 2 is 2.08 bits per heavy atom. The van der Waals surface area contributed by atoms with E-state index in [9.17, 15) is 9.18 Å². The van der Waals surface area contributed by atoms with Crippen LogP contribution in [0, 0.1) is 11.7 Å². The lowest BCUT2D eigenvalue weighted by molar-refractivity contribution is -0.125. The van der Waals surface area contributed by atoms with Gasteiger partial charge in [0.1, 0.15) is 5.82 Å². The molecule has 3 heterocycles. The number of hydrogen-bond acceptors (Lipinski definition) is 6. The quantitative estimate of drug-likeness (QED) is 0.756. The van der Waals surface area contributed by atoms with Gasteiger partial charge in [-0.3, -0.25) is 4.79 Å². The van der Waals surface area contributed by atoms with Crippen LogP contribution >= 0.6 is 0 Å². The van der Waals surface area contributed by atoms with Crippen LogP contribution < -0.4 is 10.2 Å². The molecule has 3 aromatic rings. The Balaban J connectivity index is 1.31. The van der Waals surface area contributed by atoms with Crippen LogP contribution in [0.1, 0.15) is 18.4 Å². The zero-order valence-corrected chi connectivity index (χ0v) is 14.0. The average Bonchev–Trinajstić information content (AvgIpc) is 3.14. The van der Waals surface area contributed by atoms with Crippen LogP contribution in [0.2, 0.25) is 0 Å². The molecular formula is C17H18FN7O. The van der Waals surface area contributed by atoms with Crippen LogP contribution in [0.5, 0.6) is 0 Å². The van der Waals surface area contributed by atoms with E-state index in [4.69, 9.17) is 0 Å². The highest BCUT2D eigenvalue weighted by Crippen LogP contribution is 2.22. The average molecular weight is 355 g/mol. The van der Waals surface area contributed by atoms with Gasteiger partial charge in [-0.15, -0.1) is 14.8 Å². The Morgan fingerprint density at radius 3 is 2.88 bits per heavy atom. The lowest BCUT2D eigenvalue weighted by atomic mass is 9.96. The van der Waals surface area contributed by atoms with Gasteiger partial charge in [0.15, 0.2) is 11.5 Å². The third kappa shape index (κ3) is 3.46. The smallest absolute Gasteiger partial charge is 0.223 e. The van der Waals surface area contributed by atoms with Crippen molar-refractivity contribution in [1.29, 1.82) is 0 Å². The van der Waals surface area contributed by atoms with E-state index in [-0.39, 0.29) is 17.6 Å². The van der Waals surface area contributed by atoms with E-state index in [1.54, 1.807) is 12.1 Å². The summed E-state index contributed by atoms with van der Waals surface area (Å²) in [4.78, 5) is 14.5. The highest BCUT2D eigenvalue weighted by molar-refractivity contribution is 5.79. The first-order valence-corrected chi connectivity index (χ1v) is 8.51. The van der Waals surface area contributed by atoms with Gasteiger partial charge in [0.25, 0.3) is 0 Å². The maximum Gasteiger partial charge on any atom is 0.223 e. The molecule has 134 valence electrons. The molecule has 2 aromatic heterocycles. The van der Waals surface area contributed by atoms with Crippen LogP contribution in [-0.4, -0.2) is 44.3 Å². The van der Waals surface area contributed by atoms with Crippen molar-refractivity contribution in [3.05, 3.63) is 47.8 Å². The summed E-state index contributed by atoms with van der Waals surface area (Å²) in [5.74, 6) is 0.468. The van der Waals surface area contributed by atoms with E-state index < -0.39 is 0 Å². The number of fused-ring (bicyclic) bond motifs is 1. The number of rotatable bonds is 4. The number of nitrogens with one attached hydrogen (secondary N) is 1. The third-order valence-electron chi connectivity index (χ3n) is 4.60. The summed E-state index contributed by atoms with van der Waals surface area (Å²) in [5, 5.41) is 18.5. The van der Waals surface area contributed by atoms with Crippen molar-refractivity contribution in [2.75, 3.05) is 18.0 Å². The van der Waals surface area contributed by atoms with E-state index in [1.165, 1.54) is 16.8 Å². The molecular weight excluding hydrogens is 337 g/mol. The van der Waals surface area contributed by atoms with Crippen LogP contribution in [-0.2, 0) is 11.3 Å². The number of halogens is 1. The largest absolute Gasteiger partial charge is 0.355 e. The predicted molar refractivity (Wildman–Crippen MR) is 91.8 cm³/mol. The number of aromatic nitrogens is 5. The fraction of sp³-hybridized carbons (Fsp3) is 0.353. The van der Waals surface area contributed by atoms with Gasteiger partial charge in [-0.2, -0.15) is 0 Å². The molecule has 0 spiro atoms. The minimum Gasteiger partial charge on any atom is -0.355 e. The molecule has 0 bridgehead atoms. The van der Waals surface area contributed by atoms with Crippen LogP contribution in [0.25, 0.3) is 5.65 Å². The zero-order valence-electron chi connectivity index (χ0n) is 14.0. The van der Waals surface area contributed by atoms with Gasteiger partial charge >= 0.3 is 0 Å². The molecule has 0 aliphatic carbocycles. The minimum absolute atomic E-state index is 0.0119. The maximum atomic E-state index is 13.2. The van der Waals surface area contributed by atoms with Gasteiger partial charge in [0, 0.05) is 25.6 Å². The summed E-state index contributed by atoms with van der Waals surface area (Å²) < 4.78 is 14.6. The fourth-order valence-corrected chi connectivity index (χ4v) is 3.16. The zero-order chi connectivity index (χ0) is 17.9. The first-order valence-electron chi connectivity index (χ1n) is 8.51. The van der Waals surface area contributed by atoms with E-state index in [2.05, 4.69) is 30.8 Å². The Bertz CT molecular complexity index is 920. The number of anilines is 1. The number of tetrazole rings is 1. The monoisotopic (exact) mass is 355 g/mol. The van der Waals surface area contributed by atoms with Crippen molar-refractivity contribution in [1.82, 2.24) is 30.6 Å². The van der Waals surface area contributed by atoms with Gasteiger partial charge in [-0.1, -0.05) is 12.1 Å². The second-order valence-corrected chi connectivity index (χ2v) is 6.33. The molecule has 9 heteroatoms. The molecule has 1 aliphatic heterocycles. The molecule has 0 radical (unpaired) electrons. The fourth-order valence-electron chi connectivity index (χ4n) is 3.16. The number of carbonyl (C=O) groups excluding carboxylic acids is 1. The summed E-state index contributed by atoms with van der Waals surface area (Å²) in [5.41, 5.74) is 1.36. The van der Waals surface area contributed by atoms with Gasteiger partial charge < -0.3 is 10.2 Å². The van der Waals surface area contributed by atoms with Crippen molar-refractivity contribution in [2.45, 2.75) is 19.4 Å². The summed E-state index contributed by atoms with van der Waals surface area (Å²) in [6.45, 7) is 1.81. The van der Waals surface area contributed by atoms with Gasteiger partial charge in [0.05, 0.1) is 0 Å². The van der Waals surface area contributed by atoms with Crippen molar-refractivity contribution < 1.29 is 9.18 Å². The molecule has 0 unspecified atom stereocenters. The van der Waals surface area contributed by atoms with Gasteiger partial charge in [-0.25, -0.2) is 4.39 Å². The highest BCUT2D eigenvalue weighted by atomic mass is 19.1. The topological polar surface area (TPSA) is 88.3 Å². The number of carbonyl (C=O) groups is 1. The first-order chi connectivity index (χ1) is 12.7. The number of nitrogens with zero attached hydrogens (tertiary/aromatic N) is 6. The Kier molecular flexibility index (Phi) is 4.42. The third-order valence-corrected chi connectivity index (χ3v) is 4.60. The van der Waals surface area contributed by atoms with E-state index in [1.807, 2.05) is 12.1 Å². The van der Waals surface area contributed by atoms with Crippen molar-refractivity contribution in [3.8, 4) is 0 Å². The molecule has 1 fully saturated rings. The summed E-state index contributed by atoms with van der Waals surface area (Å²) >= 11 is 0. The molecule has 1 aliphatic rings. The van der Waals surface area contributed by atoms with Crippen LogP contribution in [0.3, 0.4) is 0 Å². The number of benzene rings is 1. The van der Waals surface area contributed by atoms with E-state index in [0.29, 0.717) is 12.2 Å². The maximum absolute atomic E-state index is 13.2.